The van der Waals surface area contributed by atoms with Gasteiger partial charge >= 0.3 is 10.4 Å². The van der Waals surface area contributed by atoms with Gasteiger partial charge in [0.25, 0.3) is 0 Å². The first kappa shape index (κ1) is 21.8. The first-order valence-electron chi connectivity index (χ1n) is 8.11. The first-order valence-corrected chi connectivity index (χ1v) is 9.51. The molecule has 8 nitrogen and oxygen atoms in total. The van der Waals surface area contributed by atoms with Crippen LogP contribution in [0.15, 0.2) is 30.3 Å². The highest BCUT2D eigenvalue weighted by Crippen LogP contribution is 2.25. The molecule has 2 rings (SSSR count). The lowest BCUT2D eigenvalue weighted by Crippen LogP contribution is -2.22. The molecule has 1 aromatic heterocycles. The summed E-state index contributed by atoms with van der Waals surface area (Å²) in [5.41, 5.74) is 1.06. The molecule has 1 heterocycles. The average molecular weight is 384 g/mol. The van der Waals surface area contributed by atoms with Gasteiger partial charge in [-0.2, -0.15) is 8.42 Å². The molecule has 0 aliphatic carbocycles. The molecule has 0 saturated carbocycles. The summed E-state index contributed by atoms with van der Waals surface area (Å²) >= 11 is 0. The van der Waals surface area contributed by atoms with E-state index in [2.05, 4.69) is 24.0 Å². The van der Waals surface area contributed by atoms with E-state index in [4.69, 9.17) is 22.3 Å². The summed E-state index contributed by atoms with van der Waals surface area (Å²) in [5, 5.41) is 2.17. The number of aryl methyl sites for hydroxylation is 1. The van der Waals surface area contributed by atoms with Gasteiger partial charge in [-0.3, -0.25) is 13.9 Å². The van der Waals surface area contributed by atoms with Gasteiger partial charge < -0.3 is 9.64 Å². The summed E-state index contributed by atoms with van der Waals surface area (Å²) < 4.78 is 37.4. The maximum atomic E-state index is 10.6. The molecule has 0 aliphatic rings. The predicted molar refractivity (Wildman–Crippen MR) is 98.7 cm³/mol. The van der Waals surface area contributed by atoms with Crippen molar-refractivity contribution in [1.82, 2.24) is 9.88 Å². The summed E-state index contributed by atoms with van der Waals surface area (Å²) in [5.74, 6) is 0.665. The van der Waals surface area contributed by atoms with Crippen LogP contribution in [0.25, 0.3) is 10.8 Å². The number of amides is 1. The SMILES string of the molecule is CCCCc1cc2ccccc2c(OCCN(C)C=O)n1.O=S(=O)(O)O. The van der Waals surface area contributed by atoms with Crippen molar-refractivity contribution in [3.8, 4) is 5.88 Å². The van der Waals surface area contributed by atoms with Gasteiger partial charge in [0.05, 0.1) is 6.54 Å². The smallest absolute Gasteiger partial charge is 0.394 e. The minimum atomic E-state index is -4.67. The third kappa shape index (κ3) is 8.75. The number of fused-ring (bicyclic) bond motifs is 1. The fourth-order valence-corrected chi connectivity index (χ4v) is 2.16. The molecule has 0 fully saturated rings. The zero-order valence-electron chi connectivity index (χ0n) is 14.8. The van der Waals surface area contributed by atoms with E-state index in [0.717, 1.165) is 42.1 Å². The largest absolute Gasteiger partial charge is 0.475 e. The number of likely N-dealkylation sites (N-methyl/N-ethyl adjacent to an activating group) is 1. The molecule has 9 heteroatoms. The number of hydrogen-bond acceptors (Lipinski definition) is 5. The Bertz CT molecular complexity index is 802. The molecule has 144 valence electrons. The maximum absolute atomic E-state index is 10.6. The van der Waals surface area contributed by atoms with Crippen molar-refractivity contribution in [2.75, 3.05) is 20.2 Å². The number of unbranched alkanes of at least 4 members (excludes halogenated alkanes) is 1. The van der Waals surface area contributed by atoms with Crippen LogP contribution in [0.5, 0.6) is 5.88 Å². The summed E-state index contributed by atoms with van der Waals surface area (Å²) in [7, 11) is -2.93. The van der Waals surface area contributed by atoms with Crippen LogP contribution >= 0.6 is 0 Å². The molecular formula is C17H24N2O6S. The minimum Gasteiger partial charge on any atom is -0.475 e. The Hall–Kier alpha value is -2.23. The fraction of sp³-hybridized carbons (Fsp3) is 0.412. The second-order valence-electron chi connectivity index (χ2n) is 5.63. The van der Waals surface area contributed by atoms with Gasteiger partial charge in [0.1, 0.15) is 6.61 Å². The third-order valence-corrected chi connectivity index (χ3v) is 3.41. The summed E-state index contributed by atoms with van der Waals surface area (Å²) in [4.78, 5) is 16.8. The quantitative estimate of drug-likeness (QED) is 0.530. The van der Waals surface area contributed by atoms with Gasteiger partial charge in [0.15, 0.2) is 0 Å². The number of hydrogen-bond donors (Lipinski definition) is 2. The third-order valence-electron chi connectivity index (χ3n) is 3.41. The van der Waals surface area contributed by atoms with Crippen LogP contribution in [0.1, 0.15) is 25.5 Å². The number of nitrogens with zero attached hydrogens (tertiary/aromatic N) is 2. The highest BCUT2D eigenvalue weighted by atomic mass is 32.3. The van der Waals surface area contributed by atoms with Crippen LogP contribution in [-0.4, -0.2) is 54.0 Å². The van der Waals surface area contributed by atoms with Crippen molar-refractivity contribution < 1.29 is 27.1 Å². The van der Waals surface area contributed by atoms with Crippen LogP contribution in [0, 0.1) is 0 Å². The summed E-state index contributed by atoms with van der Waals surface area (Å²) in [6.45, 7) is 3.18. The van der Waals surface area contributed by atoms with Crippen LogP contribution in [0.2, 0.25) is 0 Å². The molecule has 1 aromatic carbocycles. The van der Waals surface area contributed by atoms with Crippen molar-refractivity contribution >= 4 is 27.6 Å². The first-order chi connectivity index (χ1) is 12.2. The number of carbonyl (C=O) groups is 1. The number of carbonyl (C=O) groups excluding carboxylic acids is 1. The Labute approximate surface area is 153 Å². The second kappa shape index (κ2) is 10.7. The fourth-order valence-electron chi connectivity index (χ4n) is 2.16. The molecular weight excluding hydrogens is 360 g/mol. The van der Waals surface area contributed by atoms with Crippen molar-refractivity contribution in [3.63, 3.8) is 0 Å². The van der Waals surface area contributed by atoms with E-state index < -0.39 is 10.4 Å². The zero-order chi connectivity index (χ0) is 19.6. The minimum absolute atomic E-state index is 0.448. The van der Waals surface area contributed by atoms with Gasteiger partial charge in [-0.1, -0.05) is 31.5 Å². The standard InChI is InChI=1S/C17H22N2O2.H2O4S/c1-3-4-8-15-12-14-7-5-6-9-16(14)17(18-15)21-11-10-19(2)13-20;1-5(2,3)4/h5-7,9,12-13H,3-4,8,10-11H2,1-2H3;(H2,1,2,3,4). The van der Waals surface area contributed by atoms with E-state index in [0.29, 0.717) is 19.0 Å². The zero-order valence-corrected chi connectivity index (χ0v) is 15.6. The van der Waals surface area contributed by atoms with Crippen LogP contribution in [-0.2, 0) is 21.6 Å². The Kier molecular flexibility index (Phi) is 8.97. The lowest BCUT2D eigenvalue weighted by atomic mass is 10.1. The Morgan fingerprint density at radius 1 is 1.27 bits per heavy atom. The van der Waals surface area contributed by atoms with Crippen molar-refractivity contribution in [1.29, 1.82) is 0 Å². The number of rotatable bonds is 8. The Morgan fingerprint density at radius 3 is 2.54 bits per heavy atom. The van der Waals surface area contributed by atoms with Crippen molar-refractivity contribution in [3.05, 3.63) is 36.0 Å². The van der Waals surface area contributed by atoms with Gasteiger partial charge in [-0.15, -0.1) is 0 Å². The molecule has 0 aliphatic heterocycles. The van der Waals surface area contributed by atoms with E-state index in [1.807, 2.05) is 18.2 Å². The van der Waals surface area contributed by atoms with E-state index >= 15 is 0 Å². The molecule has 1 amide bonds. The monoisotopic (exact) mass is 384 g/mol. The Morgan fingerprint density at radius 2 is 1.92 bits per heavy atom. The molecule has 0 radical (unpaired) electrons. The molecule has 0 unspecified atom stereocenters. The number of pyridine rings is 1. The lowest BCUT2D eigenvalue weighted by Gasteiger charge is -2.13. The highest BCUT2D eigenvalue weighted by Gasteiger charge is 2.07. The maximum Gasteiger partial charge on any atom is 0.394 e. The second-order valence-corrected chi connectivity index (χ2v) is 6.52. The van der Waals surface area contributed by atoms with E-state index in [1.54, 1.807) is 11.9 Å². The Balaban J connectivity index is 0.000000597. The molecule has 0 saturated heterocycles. The van der Waals surface area contributed by atoms with Gasteiger partial charge in [0.2, 0.25) is 12.3 Å². The lowest BCUT2D eigenvalue weighted by molar-refractivity contribution is -0.117. The average Bonchev–Trinajstić information content (AvgIpc) is 2.58. The topological polar surface area (TPSA) is 117 Å². The molecule has 0 spiro atoms. The number of aromatic nitrogens is 1. The molecule has 2 N–H and O–H groups in total. The van der Waals surface area contributed by atoms with Crippen molar-refractivity contribution in [2.45, 2.75) is 26.2 Å². The molecule has 0 atom stereocenters. The van der Waals surface area contributed by atoms with Gasteiger partial charge in [-0.05, 0) is 30.4 Å². The van der Waals surface area contributed by atoms with E-state index in [9.17, 15) is 4.79 Å². The number of ether oxygens (including phenoxy) is 1. The van der Waals surface area contributed by atoms with Gasteiger partial charge in [0, 0.05) is 18.1 Å². The van der Waals surface area contributed by atoms with Crippen LogP contribution in [0.3, 0.4) is 0 Å². The summed E-state index contributed by atoms with van der Waals surface area (Å²) in [6, 6.07) is 10.2. The molecule has 0 bridgehead atoms. The molecule has 26 heavy (non-hydrogen) atoms. The number of benzene rings is 1. The highest BCUT2D eigenvalue weighted by molar-refractivity contribution is 7.79. The van der Waals surface area contributed by atoms with Crippen LogP contribution < -0.4 is 4.74 Å². The van der Waals surface area contributed by atoms with Crippen LogP contribution in [0.4, 0.5) is 0 Å². The summed E-state index contributed by atoms with van der Waals surface area (Å²) in [6.07, 6.45) is 4.03. The normalized spacial score (nSPS) is 10.8. The van der Waals surface area contributed by atoms with E-state index in [-0.39, 0.29) is 0 Å². The molecule has 2 aromatic rings. The predicted octanol–water partition coefficient (Wildman–Crippen LogP) is 2.39. The van der Waals surface area contributed by atoms with Crippen molar-refractivity contribution in [2.24, 2.45) is 0 Å². The van der Waals surface area contributed by atoms with Gasteiger partial charge in [-0.25, -0.2) is 4.98 Å². The van der Waals surface area contributed by atoms with E-state index in [1.165, 1.54) is 0 Å².